The minimum atomic E-state index is -0.599. The van der Waals surface area contributed by atoms with E-state index >= 15 is 0 Å². The predicted molar refractivity (Wildman–Crippen MR) is 103 cm³/mol. The van der Waals surface area contributed by atoms with Gasteiger partial charge in [-0.2, -0.15) is 0 Å². The van der Waals surface area contributed by atoms with Gasteiger partial charge >= 0.3 is 0 Å². The predicted octanol–water partition coefficient (Wildman–Crippen LogP) is 4.48. The molecule has 0 radical (unpaired) electrons. The molecule has 0 fully saturated rings. The molecule has 2 aromatic rings. The van der Waals surface area contributed by atoms with Gasteiger partial charge in [0.05, 0.1) is 6.10 Å². The van der Waals surface area contributed by atoms with Crippen molar-refractivity contribution in [2.45, 2.75) is 57.8 Å². The van der Waals surface area contributed by atoms with Crippen LogP contribution >= 0.6 is 23.4 Å². The van der Waals surface area contributed by atoms with Crippen molar-refractivity contribution < 1.29 is 9.84 Å². The van der Waals surface area contributed by atoms with Crippen LogP contribution in [0.15, 0.2) is 23.6 Å². The summed E-state index contributed by atoms with van der Waals surface area (Å²) >= 11 is 7.70. The molecule has 138 valence electrons. The molecule has 5 nitrogen and oxygen atoms in total. The minimum absolute atomic E-state index is 0.226. The molecule has 0 bridgehead atoms. The van der Waals surface area contributed by atoms with Crippen molar-refractivity contribution in [2.75, 3.05) is 12.4 Å². The Hall–Kier alpha value is -1.24. The summed E-state index contributed by atoms with van der Waals surface area (Å²) in [7, 11) is 0. The van der Waals surface area contributed by atoms with Crippen molar-refractivity contribution >= 4 is 23.4 Å². The maximum atomic E-state index is 10.3. The van der Waals surface area contributed by atoms with Crippen molar-refractivity contribution in [3.05, 3.63) is 34.6 Å². The maximum absolute atomic E-state index is 10.3. The van der Waals surface area contributed by atoms with Gasteiger partial charge in [0.2, 0.25) is 0 Å². The Bertz CT molecular complexity index is 704. The van der Waals surface area contributed by atoms with E-state index in [2.05, 4.69) is 37.9 Å². The lowest BCUT2D eigenvalue weighted by Crippen LogP contribution is -2.21. The third kappa shape index (κ3) is 5.36. The highest BCUT2D eigenvalue weighted by Gasteiger charge is 2.15. The molecular weight excluding hydrogens is 358 g/mol. The Morgan fingerprint density at radius 1 is 1.28 bits per heavy atom. The highest BCUT2D eigenvalue weighted by molar-refractivity contribution is 7.99. The highest BCUT2D eigenvalue weighted by Crippen LogP contribution is 2.32. The molecule has 1 unspecified atom stereocenters. The topological polar surface area (TPSA) is 60.2 Å². The number of thioether (sulfide) groups is 1. The fraction of sp³-hybridized carbons (Fsp3) is 0.556. The Kier molecular flexibility index (Phi) is 7.16. The number of hydrogen-bond acceptors (Lipinski definition) is 5. The molecule has 0 aliphatic carbocycles. The van der Waals surface area contributed by atoms with E-state index in [0.29, 0.717) is 11.7 Å². The monoisotopic (exact) mass is 383 g/mol. The number of ether oxygens (including phenoxy) is 1. The van der Waals surface area contributed by atoms with Crippen LogP contribution in [0.3, 0.4) is 0 Å². The van der Waals surface area contributed by atoms with Crippen molar-refractivity contribution in [3.63, 3.8) is 0 Å². The molecule has 0 saturated carbocycles. The lowest BCUT2D eigenvalue weighted by Gasteiger charge is -2.18. The van der Waals surface area contributed by atoms with Gasteiger partial charge in [0.15, 0.2) is 5.16 Å². The quantitative estimate of drug-likeness (QED) is 0.681. The van der Waals surface area contributed by atoms with Gasteiger partial charge in [-0.05, 0) is 49.9 Å². The van der Waals surface area contributed by atoms with E-state index in [1.807, 2.05) is 23.6 Å². The van der Waals surface area contributed by atoms with Crippen LogP contribution in [0.2, 0.25) is 5.02 Å². The van der Waals surface area contributed by atoms with Gasteiger partial charge in [-0.25, -0.2) is 0 Å². The molecule has 25 heavy (non-hydrogen) atoms. The number of nitrogens with zero attached hydrogens (tertiary/aromatic N) is 3. The normalized spacial score (nSPS) is 12.8. The average molecular weight is 384 g/mol. The van der Waals surface area contributed by atoms with Gasteiger partial charge in [0.1, 0.15) is 18.7 Å². The van der Waals surface area contributed by atoms with E-state index in [4.69, 9.17) is 16.3 Å². The van der Waals surface area contributed by atoms with E-state index in [1.165, 1.54) is 11.8 Å². The molecular formula is C18H26ClN3O2S. The fourth-order valence-corrected chi connectivity index (χ4v) is 3.46. The van der Waals surface area contributed by atoms with Gasteiger partial charge < -0.3 is 14.4 Å². The summed E-state index contributed by atoms with van der Waals surface area (Å²) < 4.78 is 7.86. The van der Waals surface area contributed by atoms with Crippen molar-refractivity contribution in [3.8, 4) is 5.75 Å². The number of aliphatic hydroxyl groups excluding tert-OH is 1. The molecule has 0 spiro atoms. The first kappa shape index (κ1) is 20.1. The average Bonchev–Trinajstić information content (AvgIpc) is 3.02. The summed E-state index contributed by atoms with van der Waals surface area (Å²) in [5.74, 6) is 1.57. The second-order valence-corrected chi connectivity index (χ2v) is 8.08. The second-order valence-electron chi connectivity index (χ2n) is 6.68. The number of hydrogen-bond donors (Lipinski definition) is 1. The zero-order valence-electron chi connectivity index (χ0n) is 15.4. The Morgan fingerprint density at radius 2 is 2.00 bits per heavy atom. The number of aromatic nitrogens is 3. The molecule has 1 heterocycles. The first-order chi connectivity index (χ1) is 11.8. The van der Waals surface area contributed by atoms with Crippen LogP contribution in [0.4, 0.5) is 0 Å². The van der Waals surface area contributed by atoms with Crippen molar-refractivity contribution in [1.29, 1.82) is 0 Å². The zero-order chi connectivity index (χ0) is 18.6. The van der Waals surface area contributed by atoms with Gasteiger partial charge in [-0.1, -0.05) is 37.2 Å². The van der Waals surface area contributed by atoms with Crippen LogP contribution in [0.25, 0.3) is 0 Å². The molecule has 2 rings (SSSR count). The van der Waals surface area contributed by atoms with Gasteiger partial charge in [-0.3, -0.25) is 0 Å². The van der Waals surface area contributed by atoms with E-state index in [1.54, 1.807) is 6.33 Å². The first-order valence-electron chi connectivity index (χ1n) is 8.42. The van der Waals surface area contributed by atoms with E-state index in [-0.39, 0.29) is 12.6 Å². The summed E-state index contributed by atoms with van der Waals surface area (Å²) in [5.41, 5.74) is 2.02. The molecule has 1 aromatic carbocycles. The van der Waals surface area contributed by atoms with Gasteiger partial charge in [0, 0.05) is 16.8 Å². The van der Waals surface area contributed by atoms with Crippen molar-refractivity contribution in [1.82, 2.24) is 14.8 Å². The molecule has 1 aromatic heterocycles. The molecule has 1 atom stereocenters. The van der Waals surface area contributed by atoms with Crippen LogP contribution in [-0.2, 0) is 0 Å². The number of halogens is 1. The van der Waals surface area contributed by atoms with Gasteiger partial charge in [-0.15, -0.1) is 10.2 Å². The molecule has 0 aliphatic rings. The van der Waals surface area contributed by atoms with Crippen LogP contribution in [0, 0.1) is 6.92 Å². The lowest BCUT2D eigenvalue weighted by molar-refractivity contribution is 0.125. The summed E-state index contributed by atoms with van der Waals surface area (Å²) in [6.07, 6.45) is 1.11. The Morgan fingerprint density at radius 3 is 2.64 bits per heavy atom. The largest absolute Gasteiger partial charge is 0.491 e. The number of benzene rings is 1. The third-order valence-electron chi connectivity index (χ3n) is 3.85. The van der Waals surface area contributed by atoms with E-state index in [9.17, 15) is 5.11 Å². The maximum Gasteiger partial charge on any atom is 0.191 e. The second kappa shape index (κ2) is 8.92. The van der Waals surface area contributed by atoms with Crippen LogP contribution in [0.1, 0.15) is 50.8 Å². The lowest BCUT2D eigenvalue weighted by atomic mass is 10.0. The summed E-state index contributed by atoms with van der Waals surface area (Å²) in [6, 6.07) is 4.17. The summed E-state index contributed by atoms with van der Waals surface area (Å²) in [6.45, 7) is 10.5. The molecule has 7 heteroatoms. The van der Waals surface area contributed by atoms with E-state index < -0.39 is 6.10 Å². The standard InChI is InChI=1S/C18H26ClN3O2S/c1-11(2)15-7-16(19)13(5)6-17(15)24-8-14(23)9-25-18-21-20-10-22(18)12(3)4/h6-7,10-12,14,23H,8-9H2,1-5H3. The fourth-order valence-electron chi connectivity index (χ4n) is 2.34. The van der Waals surface area contributed by atoms with Crippen LogP contribution in [0.5, 0.6) is 5.75 Å². The number of rotatable bonds is 8. The van der Waals surface area contributed by atoms with E-state index in [0.717, 1.165) is 27.1 Å². The highest BCUT2D eigenvalue weighted by atomic mass is 35.5. The summed E-state index contributed by atoms with van der Waals surface area (Å²) in [5, 5.41) is 19.8. The Balaban J connectivity index is 1.95. The zero-order valence-corrected chi connectivity index (χ0v) is 16.9. The van der Waals surface area contributed by atoms with Crippen molar-refractivity contribution in [2.24, 2.45) is 0 Å². The SMILES string of the molecule is Cc1cc(OCC(O)CSc2nncn2C(C)C)c(C(C)C)cc1Cl. The molecule has 0 aliphatic heterocycles. The van der Waals surface area contributed by atoms with Crippen LogP contribution < -0.4 is 4.74 Å². The van der Waals surface area contributed by atoms with Gasteiger partial charge in [0.25, 0.3) is 0 Å². The Labute approximate surface area is 158 Å². The minimum Gasteiger partial charge on any atom is -0.491 e. The molecule has 0 saturated heterocycles. The number of aliphatic hydroxyl groups is 1. The molecule has 1 N–H and O–H groups in total. The van der Waals surface area contributed by atoms with Crippen LogP contribution in [-0.4, -0.2) is 38.3 Å². The third-order valence-corrected chi connectivity index (χ3v) is 5.35. The number of aryl methyl sites for hydroxylation is 1. The smallest absolute Gasteiger partial charge is 0.191 e. The molecule has 0 amide bonds. The summed E-state index contributed by atoms with van der Waals surface area (Å²) in [4.78, 5) is 0. The first-order valence-corrected chi connectivity index (χ1v) is 9.79.